The number of carbonyl (C=O) groups excluding carboxylic acids is 1. The van der Waals surface area contributed by atoms with E-state index < -0.39 is 0 Å². The smallest absolute Gasteiger partial charge is 0.244 e. The lowest BCUT2D eigenvalue weighted by Crippen LogP contribution is -2.49. The maximum atomic E-state index is 13.7. The van der Waals surface area contributed by atoms with Crippen LogP contribution in [0.5, 0.6) is 5.75 Å². The Balaban J connectivity index is 1.50. The summed E-state index contributed by atoms with van der Waals surface area (Å²) in [4.78, 5) is 16.2. The molecule has 1 aromatic heterocycles. The second-order valence-electron chi connectivity index (χ2n) is 5.63. The topological polar surface area (TPSA) is 76.4 Å². The van der Waals surface area contributed by atoms with Gasteiger partial charge in [-0.05, 0) is 28.1 Å². The fraction of sp³-hybridized carbons (Fsp3) is 0.467. The Morgan fingerprint density at radius 2 is 2.08 bits per heavy atom. The van der Waals surface area contributed by atoms with Gasteiger partial charge in [-0.25, -0.2) is 9.07 Å². The first-order valence-corrected chi connectivity index (χ1v) is 7.69. The van der Waals surface area contributed by atoms with Crippen LogP contribution >= 0.6 is 0 Å². The monoisotopic (exact) mass is 334 g/mol. The van der Waals surface area contributed by atoms with Crippen molar-refractivity contribution in [2.75, 3.05) is 33.3 Å². The molecule has 0 radical (unpaired) electrons. The van der Waals surface area contributed by atoms with Crippen molar-refractivity contribution in [2.45, 2.75) is 13.1 Å². The highest BCUT2D eigenvalue weighted by Crippen LogP contribution is 2.19. The van der Waals surface area contributed by atoms with Crippen molar-refractivity contribution in [3.63, 3.8) is 0 Å². The third-order valence-electron chi connectivity index (χ3n) is 4.04. The highest BCUT2D eigenvalue weighted by molar-refractivity contribution is 5.75. The molecule has 1 aliphatic rings. The number of halogens is 1. The van der Waals surface area contributed by atoms with E-state index in [4.69, 9.17) is 4.74 Å². The number of aromatic nitrogens is 4. The molecule has 2 aromatic rings. The minimum absolute atomic E-state index is 0.00237. The Morgan fingerprint density at radius 3 is 2.71 bits per heavy atom. The number of nitrogens with zero attached hydrogens (tertiary/aromatic N) is 6. The summed E-state index contributed by atoms with van der Waals surface area (Å²) in [6.07, 6.45) is 1.42. The van der Waals surface area contributed by atoms with Crippen molar-refractivity contribution in [1.82, 2.24) is 30.0 Å². The quantitative estimate of drug-likeness (QED) is 0.776. The van der Waals surface area contributed by atoms with Crippen LogP contribution in [0.15, 0.2) is 24.5 Å². The Morgan fingerprint density at radius 1 is 1.29 bits per heavy atom. The second kappa shape index (κ2) is 7.35. The summed E-state index contributed by atoms with van der Waals surface area (Å²) >= 11 is 0. The number of benzene rings is 1. The van der Waals surface area contributed by atoms with E-state index in [0.29, 0.717) is 19.6 Å². The Hall–Kier alpha value is -2.55. The van der Waals surface area contributed by atoms with E-state index in [-0.39, 0.29) is 24.0 Å². The van der Waals surface area contributed by atoms with Crippen molar-refractivity contribution < 1.29 is 13.9 Å². The van der Waals surface area contributed by atoms with Crippen LogP contribution in [0, 0.1) is 5.82 Å². The predicted octanol–water partition coefficient (Wildman–Crippen LogP) is 0.165. The lowest BCUT2D eigenvalue weighted by atomic mass is 10.2. The molecule has 1 saturated heterocycles. The molecule has 9 heteroatoms. The Kier molecular flexibility index (Phi) is 4.99. The molecule has 1 fully saturated rings. The minimum Gasteiger partial charge on any atom is -0.494 e. The van der Waals surface area contributed by atoms with Gasteiger partial charge in [0.05, 0.1) is 7.11 Å². The number of ether oxygens (including phenoxy) is 1. The first kappa shape index (κ1) is 16.3. The first-order valence-electron chi connectivity index (χ1n) is 7.69. The van der Waals surface area contributed by atoms with E-state index in [1.807, 2.05) is 6.07 Å². The Labute approximate surface area is 138 Å². The van der Waals surface area contributed by atoms with Crippen LogP contribution in [-0.4, -0.2) is 69.2 Å². The third kappa shape index (κ3) is 3.85. The average molecular weight is 334 g/mol. The van der Waals surface area contributed by atoms with E-state index in [1.165, 1.54) is 24.2 Å². The molecule has 0 unspecified atom stereocenters. The Bertz CT molecular complexity index is 685. The summed E-state index contributed by atoms with van der Waals surface area (Å²) in [5.74, 6) is -0.112. The zero-order valence-electron chi connectivity index (χ0n) is 13.4. The maximum absolute atomic E-state index is 13.7. The summed E-state index contributed by atoms with van der Waals surface area (Å²) in [5, 5.41) is 10.7. The zero-order valence-corrected chi connectivity index (χ0v) is 13.4. The second-order valence-corrected chi connectivity index (χ2v) is 5.63. The molecule has 1 aliphatic heterocycles. The molecular formula is C15H19FN6O2. The van der Waals surface area contributed by atoms with Crippen LogP contribution in [0.25, 0.3) is 0 Å². The van der Waals surface area contributed by atoms with Gasteiger partial charge in [-0.1, -0.05) is 6.07 Å². The highest BCUT2D eigenvalue weighted by Gasteiger charge is 2.21. The molecule has 1 amide bonds. The standard InChI is InChI=1S/C15H19FN6O2/c1-24-14-3-2-12(8-13(14)16)9-20-4-6-21(7-5-20)15(23)10-22-11-17-18-19-22/h2-3,8,11H,4-7,9-10H2,1H3. The fourth-order valence-electron chi connectivity index (χ4n) is 2.71. The zero-order chi connectivity index (χ0) is 16.9. The number of amides is 1. The van der Waals surface area contributed by atoms with Crippen LogP contribution in [0.1, 0.15) is 5.56 Å². The molecular weight excluding hydrogens is 315 g/mol. The predicted molar refractivity (Wildman–Crippen MR) is 82.6 cm³/mol. The number of carbonyl (C=O) groups is 1. The number of piperazine rings is 1. The molecule has 0 bridgehead atoms. The van der Waals surface area contributed by atoms with Crippen LogP contribution < -0.4 is 4.74 Å². The number of hydrogen-bond acceptors (Lipinski definition) is 6. The summed E-state index contributed by atoms with van der Waals surface area (Å²) in [5.41, 5.74) is 0.891. The summed E-state index contributed by atoms with van der Waals surface area (Å²) in [7, 11) is 1.45. The van der Waals surface area contributed by atoms with E-state index in [1.54, 1.807) is 11.0 Å². The highest BCUT2D eigenvalue weighted by atomic mass is 19.1. The van der Waals surface area contributed by atoms with Gasteiger partial charge in [-0.3, -0.25) is 9.69 Å². The van der Waals surface area contributed by atoms with Crippen LogP contribution in [-0.2, 0) is 17.9 Å². The molecule has 0 N–H and O–H groups in total. The van der Waals surface area contributed by atoms with Crippen molar-refractivity contribution in [2.24, 2.45) is 0 Å². The largest absolute Gasteiger partial charge is 0.494 e. The van der Waals surface area contributed by atoms with Gasteiger partial charge in [0.1, 0.15) is 12.9 Å². The van der Waals surface area contributed by atoms with E-state index in [0.717, 1.165) is 18.7 Å². The molecule has 0 saturated carbocycles. The molecule has 8 nitrogen and oxygen atoms in total. The SMILES string of the molecule is COc1ccc(CN2CCN(C(=O)Cn3cnnn3)CC2)cc1F. The number of tetrazole rings is 1. The normalized spacial score (nSPS) is 15.5. The van der Waals surface area contributed by atoms with E-state index in [9.17, 15) is 9.18 Å². The van der Waals surface area contributed by atoms with Gasteiger partial charge in [0.2, 0.25) is 5.91 Å². The molecule has 24 heavy (non-hydrogen) atoms. The minimum atomic E-state index is -0.356. The van der Waals surface area contributed by atoms with Crippen molar-refractivity contribution >= 4 is 5.91 Å². The lowest BCUT2D eigenvalue weighted by Gasteiger charge is -2.34. The van der Waals surface area contributed by atoms with Gasteiger partial charge in [0, 0.05) is 32.7 Å². The van der Waals surface area contributed by atoms with Crippen molar-refractivity contribution in [3.8, 4) is 5.75 Å². The van der Waals surface area contributed by atoms with E-state index in [2.05, 4.69) is 20.4 Å². The summed E-state index contributed by atoms with van der Waals surface area (Å²) in [6.45, 7) is 3.57. The van der Waals surface area contributed by atoms with E-state index >= 15 is 0 Å². The molecule has 3 rings (SSSR count). The first-order chi connectivity index (χ1) is 11.7. The molecule has 1 aromatic carbocycles. The van der Waals surface area contributed by atoms with Crippen LogP contribution in [0.4, 0.5) is 4.39 Å². The lowest BCUT2D eigenvalue weighted by molar-refractivity contribution is -0.133. The molecule has 2 heterocycles. The molecule has 128 valence electrons. The fourth-order valence-corrected chi connectivity index (χ4v) is 2.71. The van der Waals surface area contributed by atoms with Crippen molar-refractivity contribution in [1.29, 1.82) is 0 Å². The van der Waals surface area contributed by atoms with Gasteiger partial charge in [0.25, 0.3) is 0 Å². The van der Waals surface area contributed by atoms with Crippen LogP contribution in [0.3, 0.4) is 0 Å². The van der Waals surface area contributed by atoms with Crippen molar-refractivity contribution in [3.05, 3.63) is 35.9 Å². The number of hydrogen-bond donors (Lipinski definition) is 0. The maximum Gasteiger partial charge on any atom is 0.244 e. The van der Waals surface area contributed by atoms with Crippen LogP contribution in [0.2, 0.25) is 0 Å². The van der Waals surface area contributed by atoms with Gasteiger partial charge in [-0.15, -0.1) is 5.10 Å². The van der Waals surface area contributed by atoms with Gasteiger partial charge < -0.3 is 9.64 Å². The molecule has 0 aliphatic carbocycles. The third-order valence-corrected chi connectivity index (χ3v) is 4.04. The summed E-state index contributed by atoms with van der Waals surface area (Å²) < 4.78 is 20.1. The number of rotatable bonds is 5. The molecule has 0 atom stereocenters. The van der Waals surface area contributed by atoms with Gasteiger partial charge in [0.15, 0.2) is 11.6 Å². The summed E-state index contributed by atoms with van der Waals surface area (Å²) in [6, 6.07) is 4.99. The average Bonchev–Trinajstić information content (AvgIpc) is 3.08. The number of methoxy groups -OCH3 is 1. The molecule has 0 spiro atoms. The van der Waals surface area contributed by atoms with Gasteiger partial charge >= 0.3 is 0 Å². The van der Waals surface area contributed by atoms with Gasteiger partial charge in [-0.2, -0.15) is 0 Å².